The number of carbonyl (C=O) groups excluding carboxylic acids is 2. The van der Waals surface area contributed by atoms with E-state index in [1.54, 1.807) is 65.6 Å². The first kappa shape index (κ1) is 28.4. The largest absolute Gasteiger partial charge is 0.481 e. The smallest absolute Gasteiger partial charge is 0.303 e. The fraction of sp³-hybridized carbons (Fsp3) is 0.250. The molecular formula is C28H25Cl2IN2O5. The monoisotopic (exact) mass is 666 g/mol. The Morgan fingerprint density at radius 1 is 0.947 bits per heavy atom. The molecular weight excluding hydrogens is 642 g/mol. The number of aliphatic hydroxyl groups excluding tert-OH is 1. The van der Waals surface area contributed by atoms with E-state index in [0.29, 0.717) is 45.3 Å². The summed E-state index contributed by atoms with van der Waals surface area (Å²) in [6.45, 7) is -0.196. The lowest BCUT2D eigenvalue weighted by atomic mass is 9.98. The number of carbonyl (C=O) groups is 3. The Hall–Kier alpha value is -2.66. The first-order valence-electron chi connectivity index (χ1n) is 12.0. The Balaban J connectivity index is 1.88. The van der Waals surface area contributed by atoms with Crippen molar-refractivity contribution in [3.63, 3.8) is 0 Å². The molecule has 2 N–H and O–H groups in total. The van der Waals surface area contributed by atoms with Crippen molar-refractivity contribution in [2.45, 2.75) is 31.3 Å². The van der Waals surface area contributed by atoms with Gasteiger partial charge in [-0.25, -0.2) is 0 Å². The summed E-state index contributed by atoms with van der Waals surface area (Å²) >= 11 is 14.3. The average molecular weight is 667 g/mol. The number of nitrogens with zero attached hydrogens (tertiary/aromatic N) is 2. The number of amides is 2. The summed E-state index contributed by atoms with van der Waals surface area (Å²) in [6, 6.07) is 16.9. The minimum absolute atomic E-state index is 0.0175. The maximum Gasteiger partial charge on any atom is 0.303 e. The Labute approximate surface area is 244 Å². The Bertz CT molecular complexity index is 1330. The van der Waals surface area contributed by atoms with E-state index in [0.717, 1.165) is 3.57 Å². The molecule has 1 aliphatic rings. The highest BCUT2D eigenvalue weighted by Crippen LogP contribution is 2.40. The summed E-state index contributed by atoms with van der Waals surface area (Å²) in [6.07, 6.45) is 0.800. The number of anilines is 1. The molecule has 0 saturated carbocycles. The fourth-order valence-corrected chi connectivity index (χ4v) is 5.39. The van der Waals surface area contributed by atoms with Crippen LogP contribution >= 0.6 is 45.8 Å². The van der Waals surface area contributed by atoms with Crippen molar-refractivity contribution in [3.8, 4) is 0 Å². The van der Waals surface area contributed by atoms with Gasteiger partial charge in [-0.3, -0.25) is 14.4 Å². The van der Waals surface area contributed by atoms with E-state index in [1.807, 2.05) is 6.07 Å². The molecule has 2 atom stereocenters. The summed E-state index contributed by atoms with van der Waals surface area (Å²) in [5, 5.41) is 20.6. The van der Waals surface area contributed by atoms with Crippen molar-refractivity contribution in [3.05, 3.63) is 97.0 Å². The molecule has 38 heavy (non-hydrogen) atoms. The number of halogens is 3. The third-order valence-corrected chi connectivity index (χ3v) is 7.64. The molecule has 4 rings (SSSR count). The molecule has 0 aliphatic carbocycles. The molecule has 0 spiro atoms. The van der Waals surface area contributed by atoms with Gasteiger partial charge >= 0.3 is 5.97 Å². The van der Waals surface area contributed by atoms with Gasteiger partial charge in [0.15, 0.2) is 0 Å². The lowest BCUT2D eigenvalue weighted by Crippen LogP contribution is -2.45. The third-order valence-electron chi connectivity index (χ3n) is 6.46. The van der Waals surface area contributed by atoms with E-state index >= 15 is 0 Å². The molecule has 198 valence electrons. The van der Waals surface area contributed by atoms with E-state index in [-0.39, 0.29) is 18.9 Å². The number of hydrogen-bond acceptors (Lipinski definition) is 4. The second-order valence-electron chi connectivity index (χ2n) is 8.92. The van der Waals surface area contributed by atoms with Crippen molar-refractivity contribution in [2.24, 2.45) is 0 Å². The van der Waals surface area contributed by atoms with Gasteiger partial charge in [-0.1, -0.05) is 47.5 Å². The molecule has 3 aromatic carbocycles. The van der Waals surface area contributed by atoms with Gasteiger partial charge < -0.3 is 20.0 Å². The number of carboxylic acids is 1. The highest BCUT2D eigenvalue weighted by atomic mass is 127. The van der Waals surface area contributed by atoms with Gasteiger partial charge in [0.1, 0.15) is 6.04 Å². The van der Waals surface area contributed by atoms with E-state index in [2.05, 4.69) is 22.6 Å². The second kappa shape index (κ2) is 12.5. The number of unbranched alkanes of at least 4 members (excludes halogenated alkanes) is 1. The Kier molecular flexibility index (Phi) is 9.30. The summed E-state index contributed by atoms with van der Waals surface area (Å²) in [5.41, 5.74) is 1.94. The summed E-state index contributed by atoms with van der Waals surface area (Å²) < 4.78 is 0.810. The molecule has 0 aromatic heterocycles. The van der Waals surface area contributed by atoms with Crippen molar-refractivity contribution in [2.75, 3.05) is 18.1 Å². The first-order chi connectivity index (χ1) is 18.2. The topological polar surface area (TPSA) is 98.2 Å². The standard InChI is InChI=1S/C28H25Cl2IN2O5/c29-19-8-4-17(5-9-19)24(16-34)33-26(18-6-10-20(30)11-7-18)28(38)32(14-2-1-3-25(35)36)23-13-12-21(31)15-22(23)27(33)37/h4-13,15,24,26,34H,1-3,14,16H2,(H,35,36)/t24?,26-/m0/s1. The average Bonchev–Trinajstić information content (AvgIpc) is 2.97. The highest BCUT2D eigenvalue weighted by molar-refractivity contribution is 14.1. The van der Waals surface area contributed by atoms with Crippen molar-refractivity contribution < 1.29 is 24.6 Å². The molecule has 1 unspecified atom stereocenters. The maximum absolute atomic E-state index is 14.3. The van der Waals surface area contributed by atoms with Crippen LogP contribution in [-0.4, -0.2) is 46.0 Å². The summed E-state index contributed by atoms with van der Waals surface area (Å²) in [5.74, 6) is -1.67. The van der Waals surface area contributed by atoms with E-state index in [4.69, 9.17) is 28.3 Å². The molecule has 0 saturated heterocycles. The fourth-order valence-electron chi connectivity index (χ4n) is 4.64. The van der Waals surface area contributed by atoms with Gasteiger partial charge in [0.2, 0.25) is 0 Å². The zero-order valence-electron chi connectivity index (χ0n) is 20.2. The minimum Gasteiger partial charge on any atom is -0.481 e. The second-order valence-corrected chi connectivity index (χ2v) is 11.0. The molecule has 10 heteroatoms. The molecule has 1 aliphatic heterocycles. The highest BCUT2D eigenvalue weighted by Gasteiger charge is 2.43. The molecule has 3 aromatic rings. The van der Waals surface area contributed by atoms with Gasteiger partial charge in [-0.05, 0) is 89.0 Å². The van der Waals surface area contributed by atoms with Crippen LogP contribution in [0.1, 0.15) is 52.8 Å². The Morgan fingerprint density at radius 3 is 2.18 bits per heavy atom. The Morgan fingerprint density at radius 2 is 1.58 bits per heavy atom. The zero-order valence-corrected chi connectivity index (χ0v) is 23.9. The SMILES string of the molecule is O=C(O)CCCCN1C(=O)[C@H](c2ccc(Cl)cc2)N(C(CO)c2ccc(Cl)cc2)C(=O)c2cc(I)ccc21. The predicted octanol–water partition coefficient (Wildman–Crippen LogP) is 6.12. The number of hydrogen-bond donors (Lipinski definition) is 2. The third kappa shape index (κ3) is 6.14. The van der Waals surface area contributed by atoms with Crippen LogP contribution in [0, 0.1) is 3.57 Å². The van der Waals surface area contributed by atoms with E-state index in [9.17, 15) is 19.5 Å². The molecule has 2 amide bonds. The lowest BCUT2D eigenvalue weighted by molar-refractivity contribution is -0.137. The quantitative estimate of drug-likeness (QED) is 0.212. The van der Waals surface area contributed by atoms with Crippen LogP contribution < -0.4 is 4.90 Å². The van der Waals surface area contributed by atoms with Crippen molar-refractivity contribution >= 4 is 69.3 Å². The molecule has 0 bridgehead atoms. The number of aliphatic carboxylic acids is 1. The van der Waals surface area contributed by atoms with Crippen LogP contribution in [0.25, 0.3) is 0 Å². The van der Waals surface area contributed by atoms with Gasteiger partial charge in [0.25, 0.3) is 11.8 Å². The van der Waals surface area contributed by atoms with Crippen LogP contribution in [0.5, 0.6) is 0 Å². The van der Waals surface area contributed by atoms with Crippen LogP contribution in [0.4, 0.5) is 5.69 Å². The number of benzene rings is 3. The van der Waals surface area contributed by atoms with Crippen LogP contribution in [-0.2, 0) is 9.59 Å². The molecule has 0 radical (unpaired) electrons. The number of fused-ring (bicyclic) bond motifs is 1. The van der Waals surface area contributed by atoms with Gasteiger partial charge in [-0.2, -0.15) is 0 Å². The normalized spacial score (nSPS) is 16.3. The predicted molar refractivity (Wildman–Crippen MR) is 155 cm³/mol. The van der Waals surface area contributed by atoms with Crippen LogP contribution in [0.15, 0.2) is 66.7 Å². The van der Waals surface area contributed by atoms with E-state index < -0.39 is 30.6 Å². The van der Waals surface area contributed by atoms with Gasteiger partial charge in [-0.15, -0.1) is 0 Å². The van der Waals surface area contributed by atoms with Crippen molar-refractivity contribution in [1.29, 1.82) is 0 Å². The molecule has 7 nitrogen and oxygen atoms in total. The number of aliphatic hydroxyl groups is 1. The van der Waals surface area contributed by atoms with Crippen LogP contribution in [0.2, 0.25) is 10.0 Å². The first-order valence-corrected chi connectivity index (χ1v) is 13.8. The van der Waals surface area contributed by atoms with E-state index in [1.165, 1.54) is 4.90 Å². The maximum atomic E-state index is 14.3. The number of rotatable bonds is 9. The molecule has 0 fully saturated rings. The van der Waals surface area contributed by atoms with Crippen molar-refractivity contribution in [1.82, 2.24) is 4.90 Å². The summed E-state index contributed by atoms with van der Waals surface area (Å²) in [7, 11) is 0. The summed E-state index contributed by atoms with van der Waals surface area (Å²) in [4.78, 5) is 42.7. The van der Waals surface area contributed by atoms with Crippen LogP contribution in [0.3, 0.4) is 0 Å². The number of carboxylic acid groups (broad SMARTS) is 1. The lowest BCUT2D eigenvalue weighted by Gasteiger charge is -2.36. The zero-order chi connectivity index (χ0) is 27.4. The molecule has 1 heterocycles. The van der Waals surface area contributed by atoms with Gasteiger partial charge in [0.05, 0.1) is 23.9 Å². The minimum atomic E-state index is -1.07. The van der Waals surface area contributed by atoms with Gasteiger partial charge in [0, 0.05) is 26.6 Å².